The van der Waals surface area contributed by atoms with Gasteiger partial charge in [-0.3, -0.25) is 14.5 Å². The molecular formula is C21H26BrN3O3. The predicted octanol–water partition coefficient (Wildman–Crippen LogP) is 4.05. The molecule has 2 aromatic rings. The van der Waals surface area contributed by atoms with Crippen LogP contribution in [0.15, 0.2) is 46.9 Å². The summed E-state index contributed by atoms with van der Waals surface area (Å²) in [7, 11) is 1.59. The van der Waals surface area contributed by atoms with Gasteiger partial charge < -0.3 is 15.4 Å². The van der Waals surface area contributed by atoms with Crippen LogP contribution in [0, 0.1) is 6.92 Å². The molecule has 0 aliphatic carbocycles. The Hall–Kier alpha value is -2.38. The van der Waals surface area contributed by atoms with E-state index in [1.54, 1.807) is 38.3 Å². The second-order valence-corrected chi connectivity index (χ2v) is 7.34. The molecule has 2 aromatic carbocycles. The summed E-state index contributed by atoms with van der Waals surface area (Å²) < 4.78 is 5.94. The number of carbonyl (C=O) groups excluding carboxylic acids is 2. The van der Waals surface area contributed by atoms with E-state index in [9.17, 15) is 9.59 Å². The van der Waals surface area contributed by atoms with Crippen molar-refractivity contribution in [3.8, 4) is 5.75 Å². The molecule has 2 rings (SSSR count). The number of halogens is 1. The fourth-order valence-corrected chi connectivity index (χ4v) is 3.30. The quantitative estimate of drug-likeness (QED) is 0.639. The molecule has 0 bridgehead atoms. The van der Waals surface area contributed by atoms with E-state index in [0.29, 0.717) is 17.9 Å². The lowest BCUT2D eigenvalue weighted by Crippen LogP contribution is -2.45. The van der Waals surface area contributed by atoms with E-state index in [0.717, 1.165) is 15.8 Å². The van der Waals surface area contributed by atoms with Crippen LogP contribution >= 0.6 is 15.9 Å². The van der Waals surface area contributed by atoms with Gasteiger partial charge in [-0.15, -0.1) is 0 Å². The van der Waals surface area contributed by atoms with Crippen LogP contribution < -0.4 is 15.4 Å². The standard InChI is InChI=1S/C21H26BrN3O3/c1-5-25(13-20(26)23-16-7-9-17(28-4)10-8-16)15(3)21(27)24-19-11-6-14(2)12-18(19)22/h6-12,15H,5,13H2,1-4H3,(H,23,26)(H,24,27). The highest BCUT2D eigenvalue weighted by Gasteiger charge is 2.23. The van der Waals surface area contributed by atoms with Crippen LogP contribution in [0.25, 0.3) is 0 Å². The van der Waals surface area contributed by atoms with E-state index >= 15 is 0 Å². The number of aryl methyl sites for hydroxylation is 1. The summed E-state index contributed by atoms with van der Waals surface area (Å²) in [5.74, 6) is 0.382. The maximum atomic E-state index is 12.6. The first kappa shape index (κ1) is 21.9. The van der Waals surface area contributed by atoms with Gasteiger partial charge in [0, 0.05) is 10.2 Å². The molecule has 2 N–H and O–H groups in total. The average Bonchev–Trinajstić information content (AvgIpc) is 2.68. The molecule has 0 saturated heterocycles. The van der Waals surface area contributed by atoms with Crippen LogP contribution in [0.5, 0.6) is 5.75 Å². The van der Waals surface area contributed by atoms with E-state index in [-0.39, 0.29) is 18.4 Å². The van der Waals surface area contributed by atoms with Gasteiger partial charge >= 0.3 is 0 Å². The van der Waals surface area contributed by atoms with Gasteiger partial charge in [-0.1, -0.05) is 13.0 Å². The number of rotatable bonds is 8. The molecule has 150 valence electrons. The van der Waals surface area contributed by atoms with Crippen molar-refractivity contribution in [3.63, 3.8) is 0 Å². The van der Waals surface area contributed by atoms with Crippen molar-refractivity contribution in [2.75, 3.05) is 30.8 Å². The Kier molecular flexibility index (Phi) is 8.02. The zero-order chi connectivity index (χ0) is 20.7. The molecule has 1 atom stereocenters. The topological polar surface area (TPSA) is 70.7 Å². The van der Waals surface area contributed by atoms with Crippen molar-refractivity contribution in [3.05, 3.63) is 52.5 Å². The van der Waals surface area contributed by atoms with Gasteiger partial charge in [0.2, 0.25) is 11.8 Å². The molecule has 0 aromatic heterocycles. The third-order valence-corrected chi connectivity index (χ3v) is 5.09. The SMILES string of the molecule is CCN(CC(=O)Nc1ccc(OC)cc1)C(C)C(=O)Nc1ccc(C)cc1Br. The van der Waals surface area contributed by atoms with Crippen LogP contribution in [0.4, 0.5) is 11.4 Å². The van der Waals surface area contributed by atoms with E-state index in [4.69, 9.17) is 4.74 Å². The molecule has 0 aliphatic rings. The Balaban J connectivity index is 1.96. The molecule has 0 saturated carbocycles. The molecule has 7 heteroatoms. The van der Waals surface area contributed by atoms with E-state index in [2.05, 4.69) is 26.6 Å². The first-order valence-electron chi connectivity index (χ1n) is 9.09. The smallest absolute Gasteiger partial charge is 0.241 e. The van der Waals surface area contributed by atoms with E-state index in [1.807, 2.05) is 36.9 Å². The van der Waals surface area contributed by atoms with Crippen LogP contribution in [-0.2, 0) is 9.59 Å². The number of hydrogen-bond donors (Lipinski definition) is 2. The highest BCUT2D eigenvalue weighted by atomic mass is 79.9. The molecule has 1 unspecified atom stereocenters. The normalized spacial score (nSPS) is 11.8. The number of hydrogen-bond acceptors (Lipinski definition) is 4. The molecule has 0 fully saturated rings. The number of carbonyl (C=O) groups is 2. The number of benzene rings is 2. The number of methoxy groups -OCH3 is 1. The molecule has 28 heavy (non-hydrogen) atoms. The Morgan fingerprint density at radius 1 is 1.14 bits per heavy atom. The Morgan fingerprint density at radius 2 is 1.82 bits per heavy atom. The van der Waals surface area contributed by atoms with Gasteiger partial charge in [-0.05, 0) is 78.3 Å². The highest BCUT2D eigenvalue weighted by molar-refractivity contribution is 9.10. The first-order chi connectivity index (χ1) is 13.3. The Morgan fingerprint density at radius 3 is 2.39 bits per heavy atom. The van der Waals surface area contributed by atoms with Crippen molar-refractivity contribution in [2.24, 2.45) is 0 Å². The summed E-state index contributed by atoms with van der Waals surface area (Å²) in [6, 6.07) is 12.4. The fourth-order valence-electron chi connectivity index (χ4n) is 2.71. The second-order valence-electron chi connectivity index (χ2n) is 6.49. The third kappa shape index (κ3) is 6.07. The summed E-state index contributed by atoms with van der Waals surface area (Å²) >= 11 is 3.47. The number of likely N-dealkylation sites (N-methyl/N-ethyl adjacent to an activating group) is 1. The van der Waals surface area contributed by atoms with E-state index in [1.165, 1.54) is 0 Å². The molecule has 0 aliphatic heterocycles. The number of nitrogens with zero attached hydrogens (tertiary/aromatic N) is 1. The third-order valence-electron chi connectivity index (χ3n) is 4.44. The second kappa shape index (κ2) is 10.2. The minimum Gasteiger partial charge on any atom is -0.497 e. The first-order valence-corrected chi connectivity index (χ1v) is 9.88. The lowest BCUT2D eigenvalue weighted by atomic mass is 10.2. The maximum Gasteiger partial charge on any atom is 0.241 e. The summed E-state index contributed by atoms with van der Waals surface area (Å²) in [5, 5.41) is 5.76. The van der Waals surface area contributed by atoms with Gasteiger partial charge in [-0.2, -0.15) is 0 Å². The number of nitrogens with one attached hydrogen (secondary N) is 2. The van der Waals surface area contributed by atoms with Gasteiger partial charge in [0.25, 0.3) is 0 Å². The summed E-state index contributed by atoms with van der Waals surface area (Å²) in [5.41, 5.74) is 2.49. The largest absolute Gasteiger partial charge is 0.497 e. The summed E-state index contributed by atoms with van der Waals surface area (Å²) in [6.07, 6.45) is 0. The van der Waals surface area contributed by atoms with Crippen LogP contribution in [0.1, 0.15) is 19.4 Å². The number of ether oxygens (including phenoxy) is 1. The molecule has 0 spiro atoms. The monoisotopic (exact) mass is 447 g/mol. The van der Waals surface area contributed by atoms with Gasteiger partial charge in [0.05, 0.1) is 25.4 Å². The van der Waals surface area contributed by atoms with Crippen LogP contribution in [-0.4, -0.2) is 43.0 Å². The van der Waals surface area contributed by atoms with Crippen molar-refractivity contribution < 1.29 is 14.3 Å². The van der Waals surface area contributed by atoms with E-state index < -0.39 is 6.04 Å². The van der Waals surface area contributed by atoms with Crippen molar-refractivity contribution in [2.45, 2.75) is 26.8 Å². The lowest BCUT2D eigenvalue weighted by Gasteiger charge is -2.26. The zero-order valence-electron chi connectivity index (χ0n) is 16.6. The predicted molar refractivity (Wildman–Crippen MR) is 116 cm³/mol. The van der Waals surface area contributed by atoms with Crippen molar-refractivity contribution in [1.29, 1.82) is 0 Å². The Labute approximate surface area is 174 Å². The Bertz CT molecular complexity index is 824. The average molecular weight is 448 g/mol. The van der Waals surface area contributed by atoms with Gasteiger partial charge in [0.1, 0.15) is 5.75 Å². The molecule has 0 radical (unpaired) electrons. The minimum absolute atomic E-state index is 0.117. The summed E-state index contributed by atoms with van der Waals surface area (Å²) in [6.45, 7) is 6.39. The summed E-state index contributed by atoms with van der Waals surface area (Å²) in [4.78, 5) is 26.8. The number of anilines is 2. The van der Waals surface area contributed by atoms with Crippen LogP contribution in [0.2, 0.25) is 0 Å². The lowest BCUT2D eigenvalue weighted by molar-refractivity contribution is -0.123. The molecule has 0 heterocycles. The van der Waals surface area contributed by atoms with Gasteiger partial charge in [0.15, 0.2) is 0 Å². The molecule has 2 amide bonds. The minimum atomic E-state index is -0.458. The fraction of sp³-hybridized carbons (Fsp3) is 0.333. The maximum absolute atomic E-state index is 12.6. The van der Waals surface area contributed by atoms with Gasteiger partial charge in [-0.25, -0.2) is 0 Å². The van der Waals surface area contributed by atoms with Crippen molar-refractivity contribution in [1.82, 2.24) is 4.90 Å². The molecule has 6 nitrogen and oxygen atoms in total. The molecular weight excluding hydrogens is 422 g/mol. The van der Waals surface area contributed by atoms with Crippen LogP contribution in [0.3, 0.4) is 0 Å². The van der Waals surface area contributed by atoms with Crippen molar-refractivity contribution >= 4 is 39.1 Å². The number of amides is 2. The zero-order valence-corrected chi connectivity index (χ0v) is 18.2. The highest BCUT2D eigenvalue weighted by Crippen LogP contribution is 2.23.